The molecule has 0 spiro atoms. The average Bonchev–Trinajstić information content (AvgIpc) is 3.16. The molecule has 0 unspecified atom stereocenters. The third kappa shape index (κ3) is 4.27. The van der Waals surface area contributed by atoms with Gasteiger partial charge >= 0.3 is 0 Å². The first-order chi connectivity index (χ1) is 16.1. The van der Waals surface area contributed by atoms with E-state index in [2.05, 4.69) is 29.3 Å². The highest BCUT2D eigenvalue weighted by atomic mass is 35.5. The van der Waals surface area contributed by atoms with Crippen molar-refractivity contribution in [3.05, 3.63) is 106 Å². The fourth-order valence-electron chi connectivity index (χ4n) is 4.01. The summed E-state index contributed by atoms with van der Waals surface area (Å²) >= 11 is 6.41. The van der Waals surface area contributed by atoms with Crippen LogP contribution < -0.4 is 4.74 Å². The van der Waals surface area contributed by atoms with Gasteiger partial charge in [0, 0.05) is 16.1 Å². The lowest BCUT2D eigenvalue weighted by Gasteiger charge is -2.15. The Labute approximate surface area is 197 Å². The predicted octanol–water partition coefficient (Wildman–Crippen LogP) is 5.31. The molecule has 0 N–H and O–H groups in total. The number of ether oxygens (including phenoxy) is 2. The van der Waals surface area contributed by atoms with Gasteiger partial charge in [0.1, 0.15) is 18.9 Å². The fourth-order valence-corrected chi connectivity index (χ4v) is 4.18. The molecule has 0 saturated carbocycles. The maximum atomic E-state index is 6.41. The van der Waals surface area contributed by atoms with Gasteiger partial charge in [0.25, 0.3) is 0 Å². The number of aryl methyl sites for hydroxylation is 1. The molecular weight excluding hydrogens is 436 g/mol. The lowest BCUT2D eigenvalue weighted by molar-refractivity contribution is 0.100. The molecule has 4 aromatic rings. The van der Waals surface area contributed by atoms with Crippen molar-refractivity contribution < 1.29 is 9.47 Å². The smallest absolute Gasteiger partial charge is 0.163 e. The van der Waals surface area contributed by atoms with E-state index in [1.807, 2.05) is 59.2 Å². The summed E-state index contributed by atoms with van der Waals surface area (Å²) in [5.74, 6) is 2.31. The molecule has 1 aliphatic rings. The standard InChI is InChI=1S/C26H23ClN4O2/c1-17-5-3-4-6-21(17)26-22-13-19(27)9-12-23(22)31-24(14-28-26)29-30-25(31)16-33-15-18-7-10-20(32-2)11-8-18/h3-13H,14-16H2,1-2H3. The number of hydrogen-bond acceptors (Lipinski definition) is 5. The highest BCUT2D eigenvalue weighted by Crippen LogP contribution is 2.29. The van der Waals surface area contributed by atoms with E-state index in [0.717, 1.165) is 51.1 Å². The summed E-state index contributed by atoms with van der Waals surface area (Å²) in [6, 6.07) is 21.9. The van der Waals surface area contributed by atoms with Crippen LogP contribution in [0.4, 0.5) is 0 Å². The first kappa shape index (κ1) is 21.4. The molecule has 2 heterocycles. The van der Waals surface area contributed by atoms with Gasteiger partial charge in [-0.25, -0.2) is 0 Å². The summed E-state index contributed by atoms with van der Waals surface area (Å²) in [7, 11) is 1.65. The molecule has 3 aromatic carbocycles. The first-order valence-electron chi connectivity index (χ1n) is 10.7. The largest absolute Gasteiger partial charge is 0.497 e. The Morgan fingerprint density at radius 3 is 2.55 bits per heavy atom. The Kier molecular flexibility index (Phi) is 5.94. The van der Waals surface area contributed by atoms with Crippen molar-refractivity contribution in [2.75, 3.05) is 7.11 Å². The Hall–Kier alpha value is -3.48. The van der Waals surface area contributed by atoms with Crippen molar-refractivity contribution in [1.29, 1.82) is 0 Å². The molecule has 166 valence electrons. The van der Waals surface area contributed by atoms with Crippen LogP contribution >= 0.6 is 11.6 Å². The van der Waals surface area contributed by atoms with Crippen molar-refractivity contribution in [1.82, 2.24) is 14.8 Å². The Morgan fingerprint density at radius 1 is 0.939 bits per heavy atom. The molecule has 7 heteroatoms. The van der Waals surface area contributed by atoms with Crippen LogP contribution in [0.3, 0.4) is 0 Å². The number of aromatic nitrogens is 3. The molecule has 5 rings (SSSR count). The topological polar surface area (TPSA) is 61.5 Å². The molecule has 0 atom stereocenters. The Balaban J connectivity index is 1.46. The van der Waals surface area contributed by atoms with Gasteiger partial charge in [0.15, 0.2) is 11.6 Å². The molecule has 1 aliphatic heterocycles. The maximum Gasteiger partial charge on any atom is 0.163 e. The first-order valence-corrected chi connectivity index (χ1v) is 11.1. The van der Waals surface area contributed by atoms with Crippen LogP contribution in [0.25, 0.3) is 5.69 Å². The number of fused-ring (bicyclic) bond motifs is 3. The van der Waals surface area contributed by atoms with Crippen LogP contribution in [0.2, 0.25) is 5.02 Å². The van der Waals surface area contributed by atoms with Gasteiger partial charge in [0.2, 0.25) is 0 Å². The van der Waals surface area contributed by atoms with Gasteiger partial charge in [0.05, 0.1) is 25.1 Å². The van der Waals surface area contributed by atoms with E-state index in [4.69, 9.17) is 26.1 Å². The minimum atomic E-state index is 0.320. The zero-order valence-electron chi connectivity index (χ0n) is 18.5. The number of rotatable bonds is 6. The van der Waals surface area contributed by atoms with Crippen molar-refractivity contribution >= 4 is 17.3 Å². The summed E-state index contributed by atoms with van der Waals surface area (Å²) in [5.41, 5.74) is 6.10. The average molecular weight is 459 g/mol. The van der Waals surface area contributed by atoms with Crippen LogP contribution in [0, 0.1) is 6.92 Å². The molecular formula is C26H23ClN4O2. The van der Waals surface area contributed by atoms with Crippen molar-refractivity contribution in [3.63, 3.8) is 0 Å². The van der Waals surface area contributed by atoms with Gasteiger partial charge in [-0.1, -0.05) is 48.0 Å². The van der Waals surface area contributed by atoms with Crippen LogP contribution in [-0.4, -0.2) is 27.6 Å². The SMILES string of the molecule is COc1ccc(COCc2nnc3n2-c2ccc(Cl)cc2C(c2ccccc2C)=NC3)cc1. The number of aliphatic imine (C=N–C) groups is 1. The van der Waals surface area contributed by atoms with Crippen molar-refractivity contribution in [3.8, 4) is 11.4 Å². The number of benzene rings is 3. The maximum absolute atomic E-state index is 6.41. The van der Waals surface area contributed by atoms with Crippen molar-refractivity contribution in [2.45, 2.75) is 26.7 Å². The van der Waals surface area contributed by atoms with E-state index in [1.165, 1.54) is 0 Å². The van der Waals surface area contributed by atoms with E-state index in [1.54, 1.807) is 7.11 Å². The number of nitrogens with zero attached hydrogens (tertiary/aromatic N) is 4. The third-order valence-electron chi connectivity index (χ3n) is 5.69. The summed E-state index contributed by atoms with van der Waals surface area (Å²) in [6.07, 6.45) is 0. The van der Waals surface area contributed by atoms with Crippen LogP contribution in [0.5, 0.6) is 5.75 Å². The lowest BCUT2D eigenvalue weighted by atomic mass is 9.97. The molecule has 33 heavy (non-hydrogen) atoms. The Bertz CT molecular complexity index is 1330. The molecule has 0 amide bonds. The number of hydrogen-bond donors (Lipinski definition) is 0. The zero-order valence-corrected chi connectivity index (χ0v) is 19.2. The van der Waals surface area contributed by atoms with E-state index in [9.17, 15) is 0 Å². The minimum absolute atomic E-state index is 0.320. The molecule has 0 bridgehead atoms. The summed E-state index contributed by atoms with van der Waals surface area (Å²) in [6.45, 7) is 3.29. The Morgan fingerprint density at radius 2 is 1.76 bits per heavy atom. The van der Waals surface area contributed by atoms with Gasteiger partial charge < -0.3 is 9.47 Å². The lowest BCUT2D eigenvalue weighted by Crippen LogP contribution is -2.11. The third-order valence-corrected chi connectivity index (χ3v) is 5.92. The van der Waals surface area contributed by atoms with E-state index < -0.39 is 0 Å². The molecule has 0 saturated heterocycles. The zero-order chi connectivity index (χ0) is 22.8. The second kappa shape index (κ2) is 9.17. The number of methoxy groups -OCH3 is 1. The van der Waals surface area contributed by atoms with Crippen molar-refractivity contribution in [2.24, 2.45) is 4.99 Å². The van der Waals surface area contributed by atoms with Crippen LogP contribution in [-0.2, 0) is 24.5 Å². The van der Waals surface area contributed by atoms with Gasteiger partial charge in [-0.15, -0.1) is 10.2 Å². The second-order valence-corrected chi connectivity index (χ2v) is 8.29. The molecule has 1 aromatic heterocycles. The highest BCUT2D eigenvalue weighted by Gasteiger charge is 2.24. The van der Waals surface area contributed by atoms with Crippen LogP contribution in [0.1, 0.15) is 33.9 Å². The monoisotopic (exact) mass is 458 g/mol. The summed E-state index contributed by atoms with van der Waals surface area (Å²) in [4.78, 5) is 4.92. The van der Waals surface area contributed by atoms with Gasteiger partial charge in [-0.3, -0.25) is 9.56 Å². The molecule has 0 radical (unpaired) electrons. The molecule has 0 fully saturated rings. The highest BCUT2D eigenvalue weighted by molar-refractivity contribution is 6.31. The predicted molar refractivity (Wildman–Crippen MR) is 128 cm³/mol. The normalized spacial score (nSPS) is 12.5. The fraction of sp³-hybridized carbons (Fsp3) is 0.192. The summed E-state index contributed by atoms with van der Waals surface area (Å²) in [5, 5.41) is 9.47. The van der Waals surface area contributed by atoms with Gasteiger partial charge in [-0.2, -0.15) is 0 Å². The second-order valence-electron chi connectivity index (χ2n) is 7.85. The van der Waals surface area contributed by atoms with E-state index in [0.29, 0.717) is 24.8 Å². The molecule has 6 nitrogen and oxygen atoms in total. The van der Waals surface area contributed by atoms with Crippen LogP contribution in [0.15, 0.2) is 71.7 Å². The quantitative estimate of drug-likeness (QED) is 0.393. The minimum Gasteiger partial charge on any atom is -0.497 e. The summed E-state index contributed by atoms with van der Waals surface area (Å²) < 4.78 is 13.2. The van der Waals surface area contributed by atoms with E-state index in [-0.39, 0.29) is 0 Å². The van der Waals surface area contributed by atoms with Gasteiger partial charge in [-0.05, 0) is 48.4 Å². The van der Waals surface area contributed by atoms with E-state index >= 15 is 0 Å². The number of halogens is 1. The molecule has 0 aliphatic carbocycles.